The maximum Gasteiger partial charge on any atom is 0.249 e. The molecule has 0 aliphatic heterocycles. The predicted octanol–water partition coefficient (Wildman–Crippen LogP) is 3.59. The van der Waals surface area contributed by atoms with E-state index in [4.69, 9.17) is 10.5 Å². The van der Waals surface area contributed by atoms with Crippen molar-refractivity contribution in [3.8, 4) is 22.8 Å². The Morgan fingerprint density at radius 1 is 0.966 bits per heavy atom. The number of hydrogen-bond acceptors (Lipinski definition) is 5. The van der Waals surface area contributed by atoms with Crippen LogP contribution in [-0.2, 0) is 4.79 Å². The third-order valence-electron chi connectivity index (χ3n) is 3.86. The van der Waals surface area contributed by atoms with Gasteiger partial charge in [0.2, 0.25) is 5.91 Å². The van der Waals surface area contributed by atoms with E-state index in [-0.39, 0.29) is 11.5 Å². The summed E-state index contributed by atoms with van der Waals surface area (Å²) in [7, 11) is 0. The van der Waals surface area contributed by atoms with Gasteiger partial charge in [-0.15, -0.1) is 0 Å². The van der Waals surface area contributed by atoms with Gasteiger partial charge in [-0.1, -0.05) is 19.9 Å². The lowest BCUT2D eigenvalue weighted by atomic mass is 10.1. The molecule has 6 nitrogen and oxygen atoms in total. The Morgan fingerprint density at radius 2 is 1.52 bits per heavy atom. The van der Waals surface area contributed by atoms with Crippen LogP contribution in [0.15, 0.2) is 66.7 Å². The van der Waals surface area contributed by atoms with Gasteiger partial charge in [0, 0.05) is 5.56 Å². The van der Waals surface area contributed by atoms with E-state index in [0.717, 1.165) is 5.56 Å². The van der Waals surface area contributed by atoms with Gasteiger partial charge in [-0.2, -0.15) is 0 Å². The first kappa shape index (κ1) is 22.0. The summed E-state index contributed by atoms with van der Waals surface area (Å²) in [4.78, 5) is 15.3. The van der Waals surface area contributed by atoms with Gasteiger partial charge in [0.1, 0.15) is 23.4 Å². The third-order valence-corrected chi connectivity index (χ3v) is 3.86. The molecule has 0 spiro atoms. The number of amides is 1. The molecule has 3 rings (SSSR count). The maximum absolute atomic E-state index is 12.9. The van der Waals surface area contributed by atoms with E-state index in [0.29, 0.717) is 17.2 Å². The van der Waals surface area contributed by atoms with Crippen molar-refractivity contribution in [3.63, 3.8) is 0 Å². The fourth-order valence-corrected chi connectivity index (χ4v) is 2.43. The molecule has 0 saturated heterocycles. The summed E-state index contributed by atoms with van der Waals surface area (Å²) < 4.78 is 18.6. The largest absolute Gasteiger partial charge is 0.457 e. The molecule has 1 heterocycles. The van der Waals surface area contributed by atoms with Crippen LogP contribution >= 0.6 is 0 Å². The lowest BCUT2D eigenvalue weighted by Crippen LogP contribution is -2.34. The van der Waals surface area contributed by atoms with Crippen LogP contribution in [0.2, 0.25) is 0 Å². The number of rotatable bonds is 6. The minimum atomic E-state index is -1.74. The highest BCUT2D eigenvalue weighted by atomic mass is 19.1. The maximum atomic E-state index is 12.9. The molecule has 2 atom stereocenters. The van der Waals surface area contributed by atoms with Gasteiger partial charge in [0.05, 0.1) is 11.4 Å². The molecule has 2 aromatic carbocycles. The van der Waals surface area contributed by atoms with Crippen LogP contribution in [0.4, 0.5) is 4.39 Å². The van der Waals surface area contributed by atoms with E-state index in [1.165, 1.54) is 30.3 Å². The molecule has 0 bridgehead atoms. The van der Waals surface area contributed by atoms with Crippen molar-refractivity contribution in [1.29, 1.82) is 0 Å². The number of nitrogens with two attached hydrogens (primary N) is 1. The number of halogens is 1. The lowest BCUT2D eigenvalue weighted by Gasteiger charge is -2.15. The number of aromatic nitrogens is 1. The monoisotopic (exact) mass is 398 g/mol. The fourth-order valence-electron chi connectivity index (χ4n) is 2.43. The summed E-state index contributed by atoms with van der Waals surface area (Å²) in [6, 6.07) is 17.5. The average molecular weight is 398 g/mol. The molecular formula is C22H23FN2O4. The zero-order chi connectivity index (χ0) is 21.4. The van der Waals surface area contributed by atoms with Crippen molar-refractivity contribution in [2.75, 3.05) is 0 Å². The van der Waals surface area contributed by atoms with E-state index in [2.05, 4.69) is 4.98 Å². The zero-order valence-corrected chi connectivity index (χ0v) is 16.1. The molecule has 152 valence electrons. The van der Waals surface area contributed by atoms with Crippen LogP contribution in [-0.4, -0.2) is 27.2 Å². The van der Waals surface area contributed by atoms with Crippen LogP contribution in [0.1, 0.15) is 25.6 Å². The average Bonchev–Trinajstić information content (AvgIpc) is 2.76. The molecule has 0 radical (unpaired) electrons. The molecule has 2 unspecified atom stereocenters. The van der Waals surface area contributed by atoms with Crippen molar-refractivity contribution in [2.24, 2.45) is 5.73 Å². The predicted molar refractivity (Wildman–Crippen MR) is 108 cm³/mol. The van der Waals surface area contributed by atoms with Crippen molar-refractivity contribution < 1.29 is 24.1 Å². The first-order chi connectivity index (χ1) is 13.9. The van der Waals surface area contributed by atoms with Crippen LogP contribution in [0.3, 0.4) is 0 Å². The standard InChI is InChI=1S/C20H17FN2O4.C2H6/c21-13-6-10-15(11-7-13)27-14-8-4-12(5-9-14)16-2-1-3-17(23-16)18(24)19(25)20(22)26;1-2/h1-11,18-19,24-25H,(H2,22,26);1-2H3. The van der Waals surface area contributed by atoms with E-state index in [1.54, 1.807) is 36.4 Å². The molecule has 29 heavy (non-hydrogen) atoms. The van der Waals surface area contributed by atoms with Gasteiger partial charge in [-0.25, -0.2) is 9.37 Å². The van der Waals surface area contributed by atoms with Crippen molar-refractivity contribution in [3.05, 3.63) is 78.2 Å². The molecule has 0 fully saturated rings. The van der Waals surface area contributed by atoms with Gasteiger partial charge < -0.3 is 20.7 Å². The second-order valence-electron chi connectivity index (χ2n) is 5.82. The molecular weight excluding hydrogens is 375 g/mol. The Hall–Kier alpha value is -3.29. The first-order valence-electron chi connectivity index (χ1n) is 9.10. The summed E-state index contributed by atoms with van der Waals surface area (Å²) in [5.41, 5.74) is 6.41. The Morgan fingerprint density at radius 3 is 2.07 bits per heavy atom. The van der Waals surface area contributed by atoms with Gasteiger partial charge >= 0.3 is 0 Å². The van der Waals surface area contributed by atoms with Gasteiger partial charge in [0.15, 0.2) is 6.10 Å². The number of hydrogen-bond donors (Lipinski definition) is 3. The Balaban J connectivity index is 0.00000145. The van der Waals surface area contributed by atoms with Gasteiger partial charge in [0.25, 0.3) is 0 Å². The number of carbonyl (C=O) groups excluding carboxylic acids is 1. The van der Waals surface area contributed by atoms with Crippen LogP contribution in [0.25, 0.3) is 11.3 Å². The molecule has 0 aliphatic rings. The summed E-state index contributed by atoms with van der Waals surface area (Å²) in [6.07, 6.45) is -3.25. The number of carbonyl (C=O) groups is 1. The lowest BCUT2D eigenvalue weighted by molar-refractivity contribution is -0.132. The number of benzene rings is 2. The minimum absolute atomic E-state index is 0.130. The molecule has 4 N–H and O–H groups in total. The zero-order valence-electron chi connectivity index (χ0n) is 16.1. The molecule has 1 amide bonds. The van der Waals surface area contributed by atoms with E-state index in [1.807, 2.05) is 13.8 Å². The number of nitrogens with zero attached hydrogens (tertiary/aromatic N) is 1. The SMILES string of the molecule is CC.NC(=O)C(O)C(O)c1cccc(-c2ccc(Oc3ccc(F)cc3)cc2)n1. The van der Waals surface area contributed by atoms with Crippen LogP contribution in [0, 0.1) is 5.82 Å². The smallest absolute Gasteiger partial charge is 0.249 e. The van der Waals surface area contributed by atoms with E-state index >= 15 is 0 Å². The first-order valence-corrected chi connectivity index (χ1v) is 9.10. The number of ether oxygens (including phenoxy) is 1. The molecule has 7 heteroatoms. The van der Waals surface area contributed by atoms with Crippen molar-refractivity contribution in [2.45, 2.75) is 26.1 Å². The fraction of sp³-hybridized carbons (Fsp3) is 0.182. The second kappa shape index (κ2) is 10.3. The van der Waals surface area contributed by atoms with Gasteiger partial charge in [-0.3, -0.25) is 4.79 Å². The Bertz CT molecular complexity index is 930. The third kappa shape index (κ3) is 5.84. The molecule has 3 aromatic rings. The number of pyridine rings is 1. The van der Waals surface area contributed by atoms with E-state index in [9.17, 15) is 19.4 Å². The summed E-state index contributed by atoms with van der Waals surface area (Å²) in [5.74, 6) is -0.303. The summed E-state index contributed by atoms with van der Waals surface area (Å²) >= 11 is 0. The Labute approximate surface area is 168 Å². The molecule has 0 aliphatic carbocycles. The highest BCUT2D eigenvalue weighted by Gasteiger charge is 2.24. The summed E-state index contributed by atoms with van der Waals surface area (Å²) in [6.45, 7) is 4.00. The quantitative estimate of drug-likeness (QED) is 0.588. The molecule has 0 saturated carbocycles. The number of aliphatic hydroxyl groups is 2. The highest BCUT2D eigenvalue weighted by Crippen LogP contribution is 2.26. The molecule has 1 aromatic heterocycles. The second-order valence-corrected chi connectivity index (χ2v) is 5.82. The van der Waals surface area contributed by atoms with Crippen LogP contribution in [0.5, 0.6) is 11.5 Å². The topological polar surface area (TPSA) is 106 Å². The normalized spacial score (nSPS) is 12.3. The number of primary amides is 1. The van der Waals surface area contributed by atoms with Gasteiger partial charge in [-0.05, 0) is 60.7 Å². The summed E-state index contributed by atoms with van der Waals surface area (Å²) in [5, 5.41) is 19.6. The van der Waals surface area contributed by atoms with Crippen LogP contribution < -0.4 is 10.5 Å². The Kier molecular flexibility index (Phi) is 7.82. The highest BCUT2D eigenvalue weighted by molar-refractivity contribution is 5.79. The van der Waals surface area contributed by atoms with Crippen molar-refractivity contribution >= 4 is 5.91 Å². The van der Waals surface area contributed by atoms with E-state index < -0.39 is 18.1 Å². The van der Waals surface area contributed by atoms with Crippen molar-refractivity contribution in [1.82, 2.24) is 4.98 Å². The number of aliphatic hydroxyl groups excluding tert-OH is 2. The minimum Gasteiger partial charge on any atom is -0.457 e.